The van der Waals surface area contributed by atoms with Gasteiger partial charge in [0, 0.05) is 30.4 Å². The Hall–Kier alpha value is -2.56. The average Bonchev–Trinajstić information content (AvgIpc) is 3.50. The standard InChI is InChI=1S/C21H26N4O/c1-15-10-12-25(13-11-15)19-7-4-17(5-8-19)23-18-6-9-20(22-14-18)24-21(26)16-2-3-16/h4-9,14-16,23H,2-3,10-13H2,1H3,(H,22,24,26). The van der Waals surface area contributed by atoms with Crippen molar-refractivity contribution in [2.75, 3.05) is 28.6 Å². The highest BCUT2D eigenvalue weighted by atomic mass is 16.2. The zero-order valence-corrected chi connectivity index (χ0v) is 15.2. The van der Waals surface area contributed by atoms with E-state index in [-0.39, 0.29) is 11.8 Å². The maximum Gasteiger partial charge on any atom is 0.228 e. The molecule has 1 saturated carbocycles. The Labute approximate surface area is 154 Å². The zero-order chi connectivity index (χ0) is 17.9. The van der Waals surface area contributed by atoms with Gasteiger partial charge in [0.05, 0.1) is 11.9 Å². The number of piperidine rings is 1. The molecule has 136 valence electrons. The molecule has 1 aromatic carbocycles. The Morgan fingerprint density at radius 2 is 1.69 bits per heavy atom. The van der Waals surface area contributed by atoms with Crippen LogP contribution in [0.2, 0.25) is 0 Å². The first-order valence-corrected chi connectivity index (χ1v) is 9.56. The summed E-state index contributed by atoms with van der Waals surface area (Å²) in [5.74, 6) is 1.73. The van der Waals surface area contributed by atoms with E-state index in [9.17, 15) is 4.79 Å². The van der Waals surface area contributed by atoms with Gasteiger partial charge in [-0.3, -0.25) is 4.79 Å². The van der Waals surface area contributed by atoms with Crippen LogP contribution in [0.15, 0.2) is 42.6 Å². The molecule has 1 amide bonds. The molecule has 1 aliphatic carbocycles. The molecule has 4 rings (SSSR count). The largest absolute Gasteiger partial charge is 0.372 e. The van der Waals surface area contributed by atoms with Crippen molar-refractivity contribution >= 4 is 28.8 Å². The SMILES string of the molecule is CC1CCN(c2ccc(Nc3ccc(NC(=O)C4CC4)nc3)cc2)CC1. The zero-order valence-electron chi connectivity index (χ0n) is 15.2. The van der Waals surface area contributed by atoms with Crippen molar-refractivity contribution in [3.63, 3.8) is 0 Å². The number of aromatic nitrogens is 1. The van der Waals surface area contributed by atoms with Gasteiger partial charge in [-0.2, -0.15) is 0 Å². The van der Waals surface area contributed by atoms with Crippen molar-refractivity contribution in [1.29, 1.82) is 0 Å². The number of hydrogen-bond donors (Lipinski definition) is 2. The van der Waals surface area contributed by atoms with Gasteiger partial charge in [-0.25, -0.2) is 4.98 Å². The van der Waals surface area contributed by atoms with Gasteiger partial charge in [-0.1, -0.05) is 6.92 Å². The second-order valence-electron chi connectivity index (χ2n) is 7.54. The van der Waals surface area contributed by atoms with Crippen molar-refractivity contribution in [1.82, 2.24) is 4.98 Å². The number of nitrogens with one attached hydrogen (secondary N) is 2. The quantitative estimate of drug-likeness (QED) is 0.839. The third-order valence-electron chi connectivity index (χ3n) is 5.27. The lowest BCUT2D eigenvalue weighted by atomic mass is 9.99. The molecule has 2 heterocycles. The number of nitrogens with zero attached hydrogens (tertiary/aromatic N) is 2. The fraction of sp³-hybridized carbons (Fsp3) is 0.429. The molecule has 5 heteroatoms. The lowest BCUT2D eigenvalue weighted by molar-refractivity contribution is -0.117. The van der Waals surface area contributed by atoms with E-state index in [4.69, 9.17) is 0 Å². The Morgan fingerprint density at radius 1 is 1.00 bits per heavy atom. The van der Waals surface area contributed by atoms with Crippen LogP contribution in [-0.2, 0) is 4.79 Å². The molecule has 0 bridgehead atoms. The summed E-state index contributed by atoms with van der Waals surface area (Å²) in [6.07, 6.45) is 6.29. The van der Waals surface area contributed by atoms with Crippen LogP contribution in [0.25, 0.3) is 0 Å². The molecular weight excluding hydrogens is 324 g/mol. The molecular formula is C21H26N4O. The van der Waals surface area contributed by atoms with Crippen LogP contribution >= 0.6 is 0 Å². The molecule has 2 N–H and O–H groups in total. The van der Waals surface area contributed by atoms with Crippen LogP contribution in [0.3, 0.4) is 0 Å². The Balaban J connectivity index is 1.34. The van der Waals surface area contributed by atoms with E-state index >= 15 is 0 Å². The van der Waals surface area contributed by atoms with Crippen LogP contribution in [0.5, 0.6) is 0 Å². The van der Waals surface area contributed by atoms with E-state index in [1.807, 2.05) is 12.1 Å². The molecule has 0 radical (unpaired) electrons. The fourth-order valence-corrected chi connectivity index (χ4v) is 3.30. The Bertz CT molecular complexity index is 745. The Kier molecular flexibility index (Phi) is 4.78. The molecule has 0 atom stereocenters. The van der Waals surface area contributed by atoms with Crippen LogP contribution in [0.1, 0.15) is 32.6 Å². The van der Waals surface area contributed by atoms with Crippen molar-refractivity contribution in [2.45, 2.75) is 32.6 Å². The summed E-state index contributed by atoms with van der Waals surface area (Å²) < 4.78 is 0. The van der Waals surface area contributed by atoms with Gasteiger partial charge in [-0.15, -0.1) is 0 Å². The number of hydrogen-bond acceptors (Lipinski definition) is 4. The normalized spacial score (nSPS) is 17.8. The highest BCUT2D eigenvalue weighted by Gasteiger charge is 2.29. The number of carbonyl (C=O) groups excluding carboxylic acids is 1. The summed E-state index contributed by atoms with van der Waals surface area (Å²) >= 11 is 0. The van der Waals surface area contributed by atoms with Gasteiger partial charge in [-0.05, 0) is 68.0 Å². The number of anilines is 4. The molecule has 26 heavy (non-hydrogen) atoms. The van der Waals surface area contributed by atoms with Gasteiger partial charge in [0.15, 0.2) is 0 Å². The molecule has 1 aromatic heterocycles. The van der Waals surface area contributed by atoms with Crippen molar-refractivity contribution in [2.24, 2.45) is 11.8 Å². The first-order chi connectivity index (χ1) is 12.7. The number of rotatable bonds is 5. The smallest absolute Gasteiger partial charge is 0.228 e. The third kappa shape index (κ3) is 4.15. The summed E-state index contributed by atoms with van der Waals surface area (Å²) in [4.78, 5) is 18.5. The second-order valence-corrected chi connectivity index (χ2v) is 7.54. The fourth-order valence-electron chi connectivity index (χ4n) is 3.30. The molecule has 2 fully saturated rings. The van der Waals surface area contributed by atoms with E-state index < -0.39 is 0 Å². The molecule has 0 unspecified atom stereocenters. The topological polar surface area (TPSA) is 57.3 Å². The van der Waals surface area contributed by atoms with Crippen LogP contribution in [0, 0.1) is 11.8 Å². The lowest BCUT2D eigenvalue weighted by Gasteiger charge is -2.32. The number of carbonyl (C=O) groups is 1. The molecule has 1 aliphatic heterocycles. The van der Waals surface area contributed by atoms with E-state index in [1.54, 1.807) is 6.20 Å². The highest BCUT2D eigenvalue weighted by Crippen LogP contribution is 2.30. The summed E-state index contributed by atoms with van der Waals surface area (Å²) in [6.45, 7) is 4.62. The van der Waals surface area contributed by atoms with Crippen molar-refractivity contribution in [3.8, 4) is 0 Å². The van der Waals surface area contributed by atoms with E-state index in [1.165, 1.54) is 18.5 Å². The second kappa shape index (κ2) is 7.36. The maximum atomic E-state index is 11.8. The monoisotopic (exact) mass is 350 g/mol. The van der Waals surface area contributed by atoms with E-state index in [2.05, 4.69) is 51.7 Å². The van der Waals surface area contributed by atoms with Crippen molar-refractivity contribution < 1.29 is 4.79 Å². The van der Waals surface area contributed by atoms with Gasteiger partial charge in [0.25, 0.3) is 0 Å². The molecule has 1 saturated heterocycles. The van der Waals surface area contributed by atoms with Crippen LogP contribution in [-0.4, -0.2) is 24.0 Å². The predicted molar refractivity (Wildman–Crippen MR) is 106 cm³/mol. The minimum atomic E-state index is 0.0842. The summed E-state index contributed by atoms with van der Waals surface area (Å²) in [7, 11) is 0. The van der Waals surface area contributed by atoms with Gasteiger partial charge in [0.1, 0.15) is 5.82 Å². The first kappa shape index (κ1) is 16.9. The highest BCUT2D eigenvalue weighted by molar-refractivity contribution is 5.93. The minimum absolute atomic E-state index is 0.0842. The van der Waals surface area contributed by atoms with E-state index in [0.717, 1.165) is 43.2 Å². The van der Waals surface area contributed by atoms with Crippen molar-refractivity contribution in [3.05, 3.63) is 42.6 Å². The molecule has 0 spiro atoms. The molecule has 2 aliphatic rings. The molecule has 2 aromatic rings. The van der Waals surface area contributed by atoms with Gasteiger partial charge in [0.2, 0.25) is 5.91 Å². The van der Waals surface area contributed by atoms with Gasteiger partial charge < -0.3 is 15.5 Å². The first-order valence-electron chi connectivity index (χ1n) is 9.56. The number of benzene rings is 1. The summed E-state index contributed by atoms with van der Waals surface area (Å²) in [6, 6.07) is 12.3. The number of amides is 1. The Morgan fingerprint density at radius 3 is 2.31 bits per heavy atom. The minimum Gasteiger partial charge on any atom is -0.372 e. The third-order valence-corrected chi connectivity index (χ3v) is 5.27. The predicted octanol–water partition coefficient (Wildman–Crippen LogP) is 4.41. The number of pyridine rings is 1. The van der Waals surface area contributed by atoms with Gasteiger partial charge >= 0.3 is 0 Å². The maximum absolute atomic E-state index is 11.8. The lowest BCUT2D eigenvalue weighted by Crippen LogP contribution is -2.32. The molecule has 5 nitrogen and oxygen atoms in total. The van der Waals surface area contributed by atoms with Crippen LogP contribution < -0.4 is 15.5 Å². The van der Waals surface area contributed by atoms with Crippen LogP contribution in [0.4, 0.5) is 22.9 Å². The van der Waals surface area contributed by atoms with E-state index in [0.29, 0.717) is 5.82 Å². The average molecular weight is 350 g/mol. The summed E-state index contributed by atoms with van der Waals surface area (Å²) in [5.41, 5.74) is 3.24. The summed E-state index contributed by atoms with van der Waals surface area (Å²) in [5, 5.41) is 6.22.